The minimum atomic E-state index is 0.0165. The highest BCUT2D eigenvalue weighted by Gasteiger charge is 2.30. The first-order valence-electron chi connectivity index (χ1n) is 9.83. The highest BCUT2D eigenvalue weighted by Crippen LogP contribution is 2.28. The molecule has 1 aromatic carbocycles. The molecule has 1 aromatic heterocycles. The molecule has 4 rings (SSSR count). The number of aromatic nitrogens is 1. The number of hydrogen-bond donors (Lipinski definition) is 0. The predicted molar refractivity (Wildman–Crippen MR) is 105 cm³/mol. The van der Waals surface area contributed by atoms with Crippen LogP contribution in [0, 0.1) is 0 Å². The lowest BCUT2D eigenvalue weighted by Crippen LogP contribution is -2.45. The van der Waals surface area contributed by atoms with E-state index in [9.17, 15) is 9.59 Å². The van der Waals surface area contributed by atoms with Crippen LogP contribution >= 0.6 is 11.6 Å². The second-order valence-electron chi connectivity index (χ2n) is 7.53. The van der Waals surface area contributed by atoms with Crippen molar-refractivity contribution >= 4 is 23.4 Å². The van der Waals surface area contributed by atoms with E-state index in [4.69, 9.17) is 16.0 Å². The van der Waals surface area contributed by atoms with E-state index in [1.165, 1.54) is 0 Å². The summed E-state index contributed by atoms with van der Waals surface area (Å²) in [6.45, 7) is 2.19. The van der Waals surface area contributed by atoms with Crippen molar-refractivity contribution in [1.82, 2.24) is 14.8 Å². The molecule has 2 saturated heterocycles. The molecule has 6 nitrogen and oxygen atoms in total. The Morgan fingerprint density at radius 1 is 1.25 bits per heavy atom. The molecule has 0 aliphatic carbocycles. The van der Waals surface area contributed by atoms with Crippen molar-refractivity contribution < 1.29 is 14.0 Å². The van der Waals surface area contributed by atoms with Gasteiger partial charge in [0.15, 0.2) is 5.89 Å². The van der Waals surface area contributed by atoms with Gasteiger partial charge >= 0.3 is 0 Å². The molecule has 0 spiro atoms. The molecule has 1 atom stereocenters. The molecule has 2 amide bonds. The fourth-order valence-corrected chi connectivity index (χ4v) is 4.16. The van der Waals surface area contributed by atoms with Gasteiger partial charge in [0.05, 0.1) is 18.7 Å². The fourth-order valence-electron chi connectivity index (χ4n) is 3.96. The first kappa shape index (κ1) is 19.0. The highest BCUT2D eigenvalue weighted by atomic mass is 35.5. The molecule has 148 valence electrons. The standard InChI is InChI=1S/C21H24ClN3O3/c22-18-7-2-1-5-15(18)11-17-12-23-21(28-17)16-6-3-9-24(13-16)20(27)14-25-10-4-8-19(25)26/h1-2,5,7,12,16H,3-4,6,8-11,13-14H2/t16-/m1/s1. The topological polar surface area (TPSA) is 66.7 Å². The molecule has 7 heteroatoms. The number of rotatable bonds is 5. The summed E-state index contributed by atoms with van der Waals surface area (Å²) in [5, 5.41) is 0.714. The molecule has 0 unspecified atom stereocenters. The molecule has 0 N–H and O–H groups in total. The second kappa shape index (κ2) is 8.35. The Morgan fingerprint density at radius 3 is 2.89 bits per heavy atom. The van der Waals surface area contributed by atoms with Gasteiger partial charge in [-0.3, -0.25) is 9.59 Å². The van der Waals surface area contributed by atoms with E-state index in [1.54, 1.807) is 11.1 Å². The lowest BCUT2D eigenvalue weighted by molar-refractivity contribution is -0.139. The molecule has 0 radical (unpaired) electrons. The van der Waals surface area contributed by atoms with Gasteiger partial charge in [-0.2, -0.15) is 0 Å². The van der Waals surface area contributed by atoms with Gasteiger partial charge in [0, 0.05) is 37.5 Å². The molecule has 0 saturated carbocycles. The summed E-state index contributed by atoms with van der Waals surface area (Å²) in [6, 6.07) is 7.70. The lowest BCUT2D eigenvalue weighted by atomic mass is 9.98. The zero-order chi connectivity index (χ0) is 19.5. The Bertz CT molecular complexity index is 866. The molecule has 28 heavy (non-hydrogen) atoms. The van der Waals surface area contributed by atoms with Gasteiger partial charge in [0.25, 0.3) is 0 Å². The third-order valence-corrected chi connectivity index (χ3v) is 5.88. The van der Waals surface area contributed by atoms with Gasteiger partial charge in [-0.15, -0.1) is 0 Å². The van der Waals surface area contributed by atoms with Crippen LogP contribution in [0.5, 0.6) is 0 Å². The Balaban J connectivity index is 1.38. The largest absolute Gasteiger partial charge is 0.445 e. The fraction of sp³-hybridized carbons (Fsp3) is 0.476. The molecule has 2 aliphatic heterocycles. The van der Waals surface area contributed by atoms with Crippen LogP contribution in [0.2, 0.25) is 5.02 Å². The number of likely N-dealkylation sites (tertiary alicyclic amines) is 2. The van der Waals surface area contributed by atoms with Crippen LogP contribution in [0.4, 0.5) is 0 Å². The van der Waals surface area contributed by atoms with Crippen LogP contribution in [-0.4, -0.2) is 52.8 Å². The SMILES string of the molecule is O=C1CCCN1CC(=O)N1CCC[C@@H](c2ncc(Cc3ccccc3Cl)o2)C1. The summed E-state index contributed by atoms with van der Waals surface area (Å²) >= 11 is 6.23. The Hall–Kier alpha value is -2.34. The number of benzene rings is 1. The van der Waals surface area contributed by atoms with Crippen LogP contribution in [0.25, 0.3) is 0 Å². The minimum absolute atomic E-state index is 0.0165. The monoisotopic (exact) mass is 401 g/mol. The second-order valence-corrected chi connectivity index (χ2v) is 7.94. The van der Waals surface area contributed by atoms with Crippen LogP contribution < -0.4 is 0 Å². The third kappa shape index (κ3) is 4.22. The van der Waals surface area contributed by atoms with Crippen molar-refractivity contribution in [3.8, 4) is 0 Å². The maximum Gasteiger partial charge on any atom is 0.242 e. The smallest absolute Gasteiger partial charge is 0.242 e. The molecular formula is C21H24ClN3O3. The lowest BCUT2D eigenvalue weighted by Gasteiger charge is -2.32. The summed E-state index contributed by atoms with van der Waals surface area (Å²) in [5.74, 6) is 1.64. The summed E-state index contributed by atoms with van der Waals surface area (Å²) in [5.41, 5.74) is 1.00. The molecule has 3 heterocycles. The summed E-state index contributed by atoms with van der Waals surface area (Å²) in [6.07, 6.45) is 5.60. The van der Waals surface area contributed by atoms with E-state index in [1.807, 2.05) is 29.2 Å². The van der Waals surface area contributed by atoms with Crippen LogP contribution in [-0.2, 0) is 16.0 Å². The summed E-state index contributed by atoms with van der Waals surface area (Å²) < 4.78 is 5.99. The van der Waals surface area contributed by atoms with E-state index < -0.39 is 0 Å². The number of carbonyl (C=O) groups excluding carboxylic acids is 2. The van der Waals surface area contributed by atoms with Gasteiger partial charge < -0.3 is 14.2 Å². The van der Waals surface area contributed by atoms with Crippen LogP contribution in [0.1, 0.15) is 48.8 Å². The number of amides is 2. The van der Waals surface area contributed by atoms with E-state index >= 15 is 0 Å². The Kier molecular flexibility index (Phi) is 5.67. The van der Waals surface area contributed by atoms with E-state index in [0.29, 0.717) is 36.8 Å². The van der Waals surface area contributed by atoms with Crippen molar-refractivity contribution in [2.24, 2.45) is 0 Å². The van der Waals surface area contributed by atoms with Crippen molar-refractivity contribution in [1.29, 1.82) is 0 Å². The predicted octanol–water partition coefficient (Wildman–Crippen LogP) is 3.25. The molecular weight excluding hydrogens is 378 g/mol. The average molecular weight is 402 g/mol. The average Bonchev–Trinajstić information content (AvgIpc) is 3.33. The number of nitrogens with zero attached hydrogens (tertiary/aromatic N) is 3. The molecule has 0 bridgehead atoms. The van der Waals surface area contributed by atoms with Crippen molar-refractivity contribution in [2.75, 3.05) is 26.2 Å². The van der Waals surface area contributed by atoms with Crippen LogP contribution in [0.15, 0.2) is 34.9 Å². The zero-order valence-electron chi connectivity index (χ0n) is 15.8. The molecule has 2 aromatic rings. The molecule has 2 aliphatic rings. The number of carbonyl (C=O) groups is 2. The van der Waals surface area contributed by atoms with Crippen molar-refractivity contribution in [3.63, 3.8) is 0 Å². The van der Waals surface area contributed by atoms with Gasteiger partial charge in [-0.1, -0.05) is 29.8 Å². The quantitative estimate of drug-likeness (QED) is 0.771. The van der Waals surface area contributed by atoms with E-state index in [2.05, 4.69) is 4.98 Å². The van der Waals surface area contributed by atoms with Gasteiger partial charge in [0.1, 0.15) is 5.76 Å². The number of piperidine rings is 1. The van der Waals surface area contributed by atoms with Gasteiger partial charge in [0.2, 0.25) is 11.8 Å². The number of halogens is 1. The normalized spacial score (nSPS) is 20.0. The van der Waals surface area contributed by atoms with Crippen molar-refractivity contribution in [3.05, 3.63) is 52.7 Å². The maximum absolute atomic E-state index is 12.6. The Labute approximate surface area is 169 Å². The number of hydrogen-bond acceptors (Lipinski definition) is 4. The highest BCUT2D eigenvalue weighted by molar-refractivity contribution is 6.31. The van der Waals surface area contributed by atoms with E-state index in [-0.39, 0.29) is 24.3 Å². The number of oxazole rings is 1. The molecule has 2 fully saturated rings. The first-order chi connectivity index (χ1) is 13.6. The third-order valence-electron chi connectivity index (χ3n) is 5.51. The van der Waals surface area contributed by atoms with E-state index in [0.717, 1.165) is 37.1 Å². The first-order valence-corrected chi connectivity index (χ1v) is 10.2. The summed E-state index contributed by atoms with van der Waals surface area (Å²) in [4.78, 5) is 32.4. The van der Waals surface area contributed by atoms with Gasteiger partial charge in [-0.25, -0.2) is 4.98 Å². The summed E-state index contributed by atoms with van der Waals surface area (Å²) in [7, 11) is 0. The van der Waals surface area contributed by atoms with Crippen LogP contribution in [0.3, 0.4) is 0 Å². The zero-order valence-corrected chi connectivity index (χ0v) is 16.5. The van der Waals surface area contributed by atoms with Crippen molar-refractivity contribution in [2.45, 2.75) is 38.0 Å². The maximum atomic E-state index is 12.6. The van der Waals surface area contributed by atoms with Gasteiger partial charge in [-0.05, 0) is 30.9 Å². The Morgan fingerprint density at radius 2 is 2.11 bits per heavy atom. The minimum Gasteiger partial charge on any atom is -0.445 e.